The summed E-state index contributed by atoms with van der Waals surface area (Å²) in [5.74, 6) is 0.383. The Bertz CT molecular complexity index is 366. The summed E-state index contributed by atoms with van der Waals surface area (Å²) in [5, 5.41) is 0. The molecule has 1 fully saturated rings. The quantitative estimate of drug-likeness (QED) is 0.684. The van der Waals surface area contributed by atoms with Crippen molar-refractivity contribution in [3.63, 3.8) is 0 Å². The maximum absolute atomic E-state index is 12.0. The van der Waals surface area contributed by atoms with Gasteiger partial charge in [-0.2, -0.15) is 0 Å². The van der Waals surface area contributed by atoms with Crippen LogP contribution in [0.2, 0.25) is 0 Å². The Labute approximate surface area is 90.8 Å². The molecule has 1 atom stereocenters. The number of hydrogen-bond donors (Lipinski definition) is 0. The summed E-state index contributed by atoms with van der Waals surface area (Å²) in [4.78, 5) is 12.0. The first kappa shape index (κ1) is 10.2. The molecule has 0 aliphatic heterocycles. The second-order valence-corrected chi connectivity index (χ2v) is 4.22. The average molecular weight is 200 g/mol. The molecule has 1 aliphatic rings. The lowest BCUT2D eigenvalue weighted by Gasteiger charge is -2.26. The van der Waals surface area contributed by atoms with Gasteiger partial charge in [-0.3, -0.25) is 4.79 Å². The van der Waals surface area contributed by atoms with Crippen LogP contribution in [0.15, 0.2) is 43.0 Å². The Kier molecular flexibility index (Phi) is 2.72. The molecule has 0 amide bonds. The van der Waals surface area contributed by atoms with Gasteiger partial charge < -0.3 is 0 Å². The van der Waals surface area contributed by atoms with Crippen LogP contribution in [-0.2, 0) is 10.2 Å². The molecule has 0 spiro atoms. The summed E-state index contributed by atoms with van der Waals surface area (Å²) < 4.78 is 0. The van der Waals surface area contributed by atoms with E-state index in [4.69, 9.17) is 0 Å². The molecule has 15 heavy (non-hydrogen) atoms. The maximum atomic E-state index is 12.0. The molecule has 0 heterocycles. The number of ketones is 1. The molecule has 78 valence electrons. The van der Waals surface area contributed by atoms with Crippen LogP contribution in [0.25, 0.3) is 0 Å². The lowest BCUT2D eigenvalue weighted by Crippen LogP contribution is -2.30. The lowest BCUT2D eigenvalue weighted by molar-refractivity contribution is -0.122. The number of Topliss-reactive ketones (excluding diaryl/α,β-unsaturated/α-hetero) is 1. The molecular weight excluding hydrogens is 184 g/mol. The van der Waals surface area contributed by atoms with Crippen LogP contribution < -0.4 is 0 Å². The van der Waals surface area contributed by atoms with E-state index in [0.717, 1.165) is 31.2 Å². The Balaban J connectivity index is 2.43. The highest BCUT2D eigenvalue weighted by molar-refractivity contribution is 5.92. The summed E-state index contributed by atoms with van der Waals surface area (Å²) in [7, 11) is 0. The van der Waals surface area contributed by atoms with Gasteiger partial charge in [-0.05, 0) is 24.8 Å². The highest BCUT2D eigenvalue weighted by atomic mass is 16.1. The molecule has 1 aliphatic carbocycles. The third-order valence-electron chi connectivity index (χ3n) is 3.36. The number of rotatable bonds is 3. The topological polar surface area (TPSA) is 17.1 Å². The van der Waals surface area contributed by atoms with Crippen LogP contribution >= 0.6 is 0 Å². The summed E-state index contributed by atoms with van der Waals surface area (Å²) in [6, 6.07) is 10.1. The number of hydrogen-bond acceptors (Lipinski definition) is 1. The molecule has 1 unspecified atom stereocenters. The molecule has 0 N–H and O–H groups in total. The van der Waals surface area contributed by atoms with Crippen molar-refractivity contribution < 1.29 is 4.79 Å². The van der Waals surface area contributed by atoms with E-state index >= 15 is 0 Å². The van der Waals surface area contributed by atoms with Crippen LogP contribution in [-0.4, -0.2) is 5.78 Å². The Hall–Kier alpha value is -1.37. The van der Waals surface area contributed by atoms with Crippen molar-refractivity contribution in [1.29, 1.82) is 0 Å². The normalized spacial score (nSPS) is 25.5. The van der Waals surface area contributed by atoms with Crippen LogP contribution in [0.5, 0.6) is 0 Å². The van der Waals surface area contributed by atoms with Crippen molar-refractivity contribution >= 4 is 5.78 Å². The van der Waals surface area contributed by atoms with Gasteiger partial charge in [-0.1, -0.05) is 36.4 Å². The van der Waals surface area contributed by atoms with Gasteiger partial charge in [-0.25, -0.2) is 0 Å². The summed E-state index contributed by atoms with van der Waals surface area (Å²) >= 11 is 0. The largest absolute Gasteiger partial charge is 0.299 e. The predicted molar refractivity (Wildman–Crippen MR) is 61.8 cm³/mol. The number of benzene rings is 1. The van der Waals surface area contributed by atoms with Crippen LogP contribution in [0, 0.1) is 0 Å². The molecule has 0 bridgehead atoms. The van der Waals surface area contributed by atoms with E-state index in [1.807, 2.05) is 24.3 Å². The van der Waals surface area contributed by atoms with E-state index in [9.17, 15) is 4.79 Å². The lowest BCUT2D eigenvalue weighted by atomic mass is 9.75. The molecule has 1 nitrogen and oxygen atoms in total. The fraction of sp³-hybridized carbons (Fsp3) is 0.357. The highest BCUT2D eigenvalue weighted by Crippen LogP contribution is 2.41. The zero-order valence-corrected chi connectivity index (χ0v) is 8.91. The fourth-order valence-electron chi connectivity index (χ4n) is 2.57. The van der Waals surface area contributed by atoms with Gasteiger partial charge in [0.2, 0.25) is 0 Å². The third-order valence-corrected chi connectivity index (χ3v) is 3.36. The van der Waals surface area contributed by atoms with Gasteiger partial charge in [0.05, 0.1) is 5.41 Å². The van der Waals surface area contributed by atoms with E-state index in [2.05, 4.69) is 18.7 Å². The molecule has 1 heteroatoms. The number of allylic oxidation sites excluding steroid dienone is 1. The van der Waals surface area contributed by atoms with Gasteiger partial charge in [0.25, 0.3) is 0 Å². The Morgan fingerprint density at radius 3 is 2.60 bits per heavy atom. The highest BCUT2D eigenvalue weighted by Gasteiger charge is 2.41. The minimum Gasteiger partial charge on any atom is -0.299 e. The van der Waals surface area contributed by atoms with Crippen molar-refractivity contribution in [3.05, 3.63) is 48.6 Å². The van der Waals surface area contributed by atoms with E-state index in [-0.39, 0.29) is 5.41 Å². The zero-order valence-electron chi connectivity index (χ0n) is 8.91. The van der Waals surface area contributed by atoms with Crippen molar-refractivity contribution in [2.24, 2.45) is 0 Å². The van der Waals surface area contributed by atoms with Gasteiger partial charge >= 0.3 is 0 Å². The molecule has 2 rings (SSSR count). The van der Waals surface area contributed by atoms with Gasteiger partial charge in [0.1, 0.15) is 5.78 Å². The van der Waals surface area contributed by atoms with E-state index < -0.39 is 0 Å². The minimum atomic E-state index is -0.261. The van der Waals surface area contributed by atoms with Crippen LogP contribution in [0.1, 0.15) is 31.2 Å². The zero-order chi connectivity index (χ0) is 10.7. The third kappa shape index (κ3) is 1.63. The van der Waals surface area contributed by atoms with Crippen molar-refractivity contribution in [2.45, 2.75) is 31.1 Å². The Morgan fingerprint density at radius 1 is 1.33 bits per heavy atom. The SMILES string of the molecule is C=CCC1(c2ccccc2)CCCC1=O. The molecular formula is C14H16O. The second kappa shape index (κ2) is 4.01. The van der Waals surface area contributed by atoms with E-state index in [0.29, 0.717) is 5.78 Å². The molecule has 0 aromatic heterocycles. The monoisotopic (exact) mass is 200 g/mol. The fourth-order valence-corrected chi connectivity index (χ4v) is 2.57. The first-order chi connectivity index (χ1) is 7.29. The van der Waals surface area contributed by atoms with Crippen molar-refractivity contribution in [1.82, 2.24) is 0 Å². The predicted octanol–water partition coefficient (Wildman–Crippen LogP) is 3.25. The summed E-state index contributed by atoms with van der Waals surface area (Å²) in [5.41, 5.74) is 0.899. The first-order valence-corrected chi connectivity index (χ1v) is 5.49. The summed E-state index contributed by atoms with van der Waals surface area (Å²) in [6.45, 7) is 3.78. The van der Waals surface area contributed by atoms with E-state index in [1.54, 1.807) is 0 Å². The first-order valence-electron chi connectivity index (χ1n) is 5.49. The number of carbonyl (C=O) groups excluding carboxylic acids is 1. The average Bonchev–Trinajstić information content (AvgIpc) is 2.63. The molecule has 0 saturated heterocycles. The molecule has 0 radical (unpaired) electrons. The van der Waals surface area contributed by atoms with Gasteiger partial charge in [-0.15, -0.1) is 6.58 Å². The summed E-state index contributed by atoms with van der Waals surface area (Å²) in [6.07, 6.45) is 5.36. The van der Waals surface area contributed by atoms with E-state index in [1.165, 1.54) is 0 Å². The Morgan fingerprint density at radius 2 is 2.07 bits per heavy atom. The molecule has 1 aromatic carbocycles. The maximum Gasteiger partial charge on any atom is 0.143 e. The second-order valence-electron chi connectivity index (χ2n) is 4.22. The standard InChI is InChI=1S/C14H16O/c1-2-10-14(11-6-9-13(14)15)12-7-4-3-5-8-12/h2-5,7-8H,1,6,9-11H2. The minimum absolute atomic E-state index is 0.261. The van der Waals surface area contributed by atoms with Gasteiger partial charge in [0.15, 0.2) is 0 Å². The van der Waals surface area contributed by atoms with Crippen molar-refractivity contribution in [3.8, 4) is 0 Å². The number of carbonyl (C=O) groups is 1. The van der Waals surface area contributed by atoms with Crippen molar-refractivity contribution in [2.75, 3.05) is 0 Å². The molecule has 1 aromatic rings. The van der Waals surface area contributed by atoms with Crippen LogP contribution in [0.3, 0.4) is 0 Å². The molecule has 1 saturated carbocycles. The van der Waals surface area contributed by atoms with Crippen LogP contribution in [0.4, 0.5) is 0 Å². The van der Waals surface area contributed by atoms with Gasteiger partial charge in [0, 0.05) is 6.42 Å². The smallest absolute Gasteiger partial charge is 0.143 e.